The Bertz CT molecular complexity index is 546. The predicted octanol–water partition coefficient (Wildman–Crippen LogP) is 1.62. The zero-order chi connectivity index (χ0) is 11.5. The van der Waals surface area contributed by atoms with Crippen LogP contribution in [0.1, 0.15) is 5.56 Å². The summed E-state index contributed by atoms with van der Waals surface area (Å²) in [4.78, 5) is 11.4. The summed E-state index contributed by atoms with van der Waals surface area (Å²) in [7, 11) is 0. The van der Waals surface area contributed by atoms with Crippen LogP contribution in [0, 0.1) is 5.82 Å². The highest BCUT2D eigenvalue weighted by Gasteiger charge is 1.99. The lowest BCUT2D eigenvalue weighted by molar-refractivity contribution is 0.595. The monoisotopic (exact) mass is 218 g/mol. The first-order valence-electron chi connectivity index (χ1n) is 4.85. The SMILES string of the molecule is Nc1ccc(Cn2cc(F)ccc2=O)cc1. The van der Waals surface area contributed by atoms with Gasteiger partial charge in [0.15, 0.2) is 0 Å². The number of rotatable bonds is 2. The molecule has 0 amide bonds. The summed E-state index contributed by atoms with van der Waals surface area (Å²) in [6.45, 7) is 0.344. The highest BCUT2D eigenvalue weighted by Crippen LogP contribution is 2.06. The number of nitrogens with zero attached hydrogens (tertiary/aromatic N) is 1. The standard InChI is InChI=1S/C12H11FN2O/c13-10-3-6-12(16)15(8-10)7-9-1-4-11(14)5-2-9/h1-6,8H,7,14H2. The molecule has 0 spiro atoms. The summed E-state index contributed by atoms with van der Waals surface area (Å²) in [6, 6.07) is 9.49. The van der Waals surface area contributed by atoms with Gasteiger partial charge in [0.05, 0.1) is 6.54 Å². The molecule has 0 saturated heterocycles. The normalized spacial score (nSPS) is 10.3. The van der Waals surface area contributed by atoms with Gasteiger partial charge in [-0.05, 0) is 23.8 Å². The first kappa shape index (κ1) is 10.4. The molecule has 0 aliphatic rings. The van der Waals surface area contributed by atoms with E-state index in [2.05, 4.69) is 0 Å². The fourth-order valence-corrected chi connectivity index (χ4v) is 1.45. The molecule has 4 heteroatoms. The molecule has 0 aliphatic carbocycles. The molecule has 0 bridgehead atoms. The van der Waals surface area contributed by atoms with E-state index in [9.17, 15) is 9.18 Å². The van der Waals surface area contributed by atoms with Crippen LogP contribution in [0.25, 0.3) is 0 Å². The molecule has 0 fully saturated rings. The lowest BCUT2D eigenvalue weighted by atomic mass is 10.2. The second kappa shape index (κ2) is 4.18. The summed E-state index contributed by atoms with van der Waals surface area (Å²) >= 11 is 0. The van der Waals surface area contributed by atoms with Crippen LogP contribution >= 0.6 is 0 Å². The van der Waals surface area contributed by atoms with Gasteiger partial charge in [-0.25, -0.2) is 4.39 Å². The third kappa shape index (κ3) is 2.28. The number of pyridine rings is 1. The van der Waals surface area contributed by atoms with Crippen LogP contribution in [0.15, 0.2) is 47.4 Å². The smallest absolute Gasteiger partial charge is 0.251 e. The number of nitrogens with two attached hydrogens (primary N) is 1. The minimum absolute atomic E-state index is 0.224. The molecule has 2 aromatic rings. The van der Waals surface area contributed by atoms with E-state index < -0.39 is 5.82 Å². The molecule has 1 aromatic heterocycles. The first-order valence-corrected chi connectivity index (χ1v) is 4.85. The van der Waals surface area contributed by atoms with Gasteiger partial charge in [0, 0.05) is 18.0 Å². The molecular weight excluding hydrogens is 207 g/mol. The molecule has 2 rings (SSSR count). The maximum atomic E-state index is 12.9. The van der Waals surface area contributed by atoms with E-state index in [0.29, 0.717) is 12.2 Å². The van der Waals surface area contributed by atoms with Crippen molar-refractivity contribution in [3.8, 4) is 0 Å². The highest BCUT2D eigenvalue weighted by atomic mass is 19.1. The van der Waals surface area contributed by atoms with E-state index in [4.69, 9.17) is 5.73 Å². The van der Waals surface area contributed by atoms with Crippen molar-refractivity contribution in [2.75, 3.05) is 5.73 Å². The minimum atomic E-state index is -0.421. The fourth-order valence-electron chi connectivity index (χ4n) is 1.45. The number of hydrogen-bond acceptors (Lipinski definition) is 2. The van der Waals surface area contributed by atoms with Crippen LogP contribution in [-0.4, -0.2) is 4.57 Å². The average molecular weight is 218 g/mol. The molecular formula is C12H11FN2O. The van der Waals surface area contributed by atoms with Gasteiger partial charge in [0.1, 0.15) is 5.82 Å². The number of hydrogen-bond donors (Lipinski definition) is 1. The molecule has 0 aliphatic heterocycles. The van der Waals surface area contributed by atoms with E-state index in [1.807, 2.05) is 12.1 Å². The molecule has 1 aromatic carbocycles. The van der Waals surface area contributed by atoms with Gasteiger partial charge >= 0.3 is 0 Å². The van der Waals surface area contributed by atoms with E-state index >= 15 is 0 Å². The quantitative estimate of drug-likeness (QED) is 0.778. The van der Waals surface area contributed by atoms with Crippen LogP contribution < -0.4 is 11.3 Å². The summed E-state index contributed by atoms with van der Waals surface area (Å²) in [6.07, 6.45) is 1.19. The summed E-state index contributed by atoms with van der Waals surface area (Å²) in [5.74, 6) is -0.421. The third-order valence-electron chi connectivity index (χ3n) is 2.28. The van der Waals surface area contributed by atoms with Crippen molar-refractivity contribution in [2.24, 2.45) is 0 Å². The molecule has 82 valence electrons. The van der Waals surface area contributed by atoms with E-state index in [-0.39, 0.29) is 5.56 Å². The Kier molecular flexibility index (Phi) is 2.72. The van der Waals surface area contributed by atoms with Crippen LogP contribution in [0.3, 0.4) is 0 Å². The second-order valence-electron chi connectivity index (χ2n) is 3.56. The molecule has 16 heavy (non-hydrogen) atoms. The Morgan fingerprint density at radius 3 is 2.50 bits per heavy atom. The average Bonchev–Trinajstić information content (AvgIpc) is 2.27. The zero-order valence-corrected chi connectivity index (χ0v) is 8.56. The number of benzene rings is 1. The Morgan fingerprint density at radius 2 is 1.81 bits per heavy atom. The molecule has 0 radical (unpaired) electrons. The van der Waals surface area contributed by atoms with Crippen LogP contribution in [-0.2, 0) is 6.54 Å². The van der Waals surface area contributed by atoms with Crippen molar-refractivity contribution < 1.29 is 4.39 Å². The molecule has 1 heterocycles. The lowest BCUT2D eigenvalue weighted by Crippen LogP contribution is -2.19. The van der Waals surface area contributed by atoms with Gasteiger partial charge in [-0.3, -0.25) is 4.79 Å². The van der Waals surface area contributed by atoms with Crippen molar-refractivity contribution >= 4 is 5.69 Å². The van der Waals surface area contributed by atoms with Gasteiger partial charge < -0.3 is 10.3 Å². The fraction of sp³-hybridized carbons (Fsp3) is 0.0833. The van der Waals surface area contributed by atoms with Gasteiger partial charge in [0.2, 0.25) is 0 Å². The molecule has 0 saturated carbocycles. The molecule has 2 N–H and O–H groups in total. The maximum Gasteiger partial charge on any atom is 0.251 e. The number of halogens is 1. The molecule has 0 unspecified atom stereocenters. The Balaban J connectivity index is 2.30. The number of nitrogen functional groups attached to an aromatic ring is 1. The van der Waals surface area contributed by atoms with Gasteiger partial charge in [-0.15, -0.1) is 0 Å². The minimum Gasteiger partial charge on any atom is -0.399 e. The molecule has 3 nitrogen and oxygen atoms in total. The van der Waals surface area contributed by atoms with Crippen molar-refractivity contribution in [3.05, 3.63) is 64.3 Å². The van der Waals surface area contributed by atoms with E-state index in [0.717, 1.165) is 11.6 Å². The van der Waals surface area contributed by atoms with Gasteiger partial charge in [-0.1, -0.05) is 12.1 Å². The van der Waals surface area contributed by atoms with Crippen LogP contribution in [0.2, 0.25) is 0 Å². The third-order valence-corrected chi connectivity index (χ3v) is 2.28. The van der Waals surface area contributed by atoms with Crippen molar-refractivity contribution in [1.82, 2.24) is 4.57 Å². The number of anilines is 1. The van der Waals surface area contributed by atoms with Crippen molar-refractivity contribution in [3.63, 3.8) is 0 Å². The summed E-state index contributed by atoms with van der Waals surface area (Å²) in [5, 5.41) is 0. The Morgan fingerprint density at radius 1 is 1.12 bits per heavy atom. The topological polar surface area (TPSA) is 48.0 Å². The van der Waals surface area contributed by atoms with E-state index in [1.165, 1.54) is 16.8 Å². The van der Waals surface area contributed by atoms with Gasteiger partial charge in [0.25, 0.3) is 5.56 Å². The maximum absolute atomic E-state index is 12.9. The summed E-state index contributed by atoms with van der Waals surface area (Å²) in [5.41, 5.74) is 6.89. The highest BCUT2D eigenvalue weighted by molar-refractivity contribution is 5.39. The lowest BCUT2D eigenvalue weighted by Gasteiger charge is -2.05. The van der Waals surface area contributed by atoms with Crippen molar-refractivity contribution in [1.29, 1.82) is 0 Å². The Hall–Kier alpha value is -2.10. The molecule has 0 atom stereocenters. The van der Waals surface area contributed by atoms with E-state index in [1.54, 1.807) is 12.1 Å². The summed E-state index contributed by atoms with van der Waals surface area (Å²) < 4.78 is 14.3. The van der Waals surface area contributed by atoms with Crippen LogP contribution in [0.5, 0.6) is 0 Å². The van der Waals surface area contributed by atoms with Crippen LogP contribution in [0.4, 0.5) is 10.1 Å². The Labute approximate surface area is 92.0 Å². The zero-order valence-electron chi connectivity index (χ0n) is 8.56. The predicted molar refractivity (Wildman–Crippen MR) is 60.6 cm³/mol. The second-order valence-corrected chi connectivity index (χ2v) is 3.56. The largest absolute Gasteiger partial charge is 0.399 e. The van der Waals surface area contributed by atoms with Crippen molar-refractivity contribution in [2.45, 2.75) is 6.54 Å². The first-order chi connectivity index (χ1) is 7.65. The number of aromatic nitrogens is 1. The van der Waals surface area contributed by atoms with Gasteiger partial charge in [-0.2, -0.15) is 0 Å².